The predicted octanol–water partition coefficient (Wildman–Crippen LogP) is 4.58. The molecule has 1 unspecified atom stereocenters. The van der Waals surface area contributed by atoms with Gasteiger partial charge in [-0.15, -0.1) is 0 Å². The molecule has 3 aliphatic rings. The first-order valence-electron chi connectivity index (χ1n) is 16.1. The van der Waals surface area contributed by atoms with Gasteiger partial charge in [-0.2, -0.15) is 4.31 Å². The van der Waals surface area contributed by atoms with E-state index >= 15 is 0 Å². The number of piperazine rings is 1. The average molecular weight is 622 g/mol. The fraction of sp³-hybridized carbons (Fsp3) is 0.559. The molecule has 1 aromatic heterocycles. The van der Waals surface area contributed by atoms with Gasteiger partial charge in [0.15, 0.2) is 0 Å². The Morgan fingerprint density at radius 1 is 0.977 bits per heavy atom. The molecule has 1 aliphatic carbocycles. The number of nitrogens with zero attached hydrogens (tertiary/aromatic N) is 5. The van der Waals surface area contributed by atoms with E-state index in [4.69, 9.17) is 4.74 Å². The Hall–Kier alpha value is -2.92. The zero-order chi connectivity index (χ0) is 31.0. The van der Waals surface area contributed by atoms with Gasteiger partial charge in [0.1, 0.15) is 5.75 Å². The van der Waals surface area contributed by atoms with Crippen LogP contribution in [0.2, 0.25) is 0 Å². The number of rotatable bonds is 8. The smallest absolute Gasteiger partial charge is 0.243 e. The summed E-state index contributed by atoms with van der Waals surface area (Å²) < 4.78 is 37.4. The van der Waals surface area contributed by atoms with Crippen LogP contribution in [-0.2, 0) is 21.4 Å². The molecule has 2 aliphatic heterocycles. The Bertz CT molecular complexity index is 1580. The molecule has 238 valence electrons. The number of hydrogen-bond acceptors (Lipinski definition) is 6. The lowest BCUT2D eigenvalue weighted by atomic mass is 9.88. The third kappa shape index (κ3) is 6.14. The lowest BCUT2D eigenvalue weighted by Crippen LogP contribution is -2.54. The third-order valence-corrected chi connectivity index (χ3v) is 12.2. The first kappa shape index (κ1) is 31.1. The highest BCUT2D eigenvalue weighted by Crippen LogP contribution is 2.36. The summed E-state index contributed by atoms with van der Waals surface area (Å²) in [5, 5.41) is 1.74. The quantitative estimate of drug-likeness (QED) is 0.367. The lowest BCUT2D eigenvalue weighted by Gasteiger charge is -2.45. The molecule has 1 saturated carbocycles. The van der Waals surface area contributed by atoms with Crippen molar-refractivity contribution in [3.63, 3.8) is 0 Å². The number of carbonyl (C=O) groups is 1. The van der Waals surface area contributed by atoms with Gasteiger partial charge in [0.2, 0.25) is 15.9 Å². The fourth-order valence-electron chi connectivity index (χ4n) is 7.52. The SMILES string of the molecule is COc1ccc2cc(S(=O)(=O)N3CCn4cccc4C3CC(=O)N(C)[C@H]3CCC[C@@H](N4CCN(C(C)C)CC4)C3)ccc2c1. The minimum atomic E-state index is -3.86. The molecule has 1 saturated heterocycles. The van der Waals surface area contributed by atoms with Crippen molar-refractivity contribution in [3.05, 3.63) is 60.4 Å². The summed E-state index contributed by atoms with van der Waals surface area (Å²) >= 11 is 0. The summed E-state index contributed by atoms with van der Waals surface area (Å²) in [6.45, 7) is 9.78. The van der Waals surface area contributed by atoms with E-state index in [0.717, 1.165) is 67.7 Å². The molecule has 44 heavy (non-hydrogen) atoms. The number of amides is 1. The van der Waals surface area contributed by atoms with Gasteiger partial charge in [-0.25, -0.2) is 8.42 Å². The van der Waals surface area contributed by atoms with Crippen LogP contribution >= 0.6 is 0 Å². The van der Waals surface area contributed by atoms with Crippen molar-refractivity contribution in [3.8, 4) is 5.75 Å². The minimum Gasteiger partial charge on any atom is -0.497 e. The predicted molar refractivity (Wildman–Crippen MR) is 173 cm³/mol. The highest BCUT2D eigenvalue weighted by Gasteiger charge is 2.40. The number of aromatic nitrogens is 1. The molecule has 6 rings (SSSR count). The Kier molecular flexibility index (Phi) is 9.06. The van der Waals surface area contributed by atoms with Crippen molar-refractivity contribution >= 4 is 26.7 Å². The molecule has 3 aromatic rings. The first-order chi connectivity index (χ1) is 21.2. The minimum absolute atomic E-state index is 0.00531. The van der Waals surface area contributed by atoms with Crippen molar-refractivity contribution < 1.29 is 17.9 Å². The van der Waals surface area contributed by atoms with Crippen LogP contribution in [0.25, 0.3) is 10.8 Å². The van der Waals surface area contributed by atoms with Gasteiger partial charge in [-0.3, -0.25) is 14.6 Å². The monoisotopic (exact) mass is 621 g/mol. The van der Waals surface area contributed by atoms with E-state index in [1.807, 2.05) is 54.5 Å². The Balaban J connectivity index is 1.19. The second-order valence-corrected chi connectivity index (χ2v) is 14.9. The molecule has 2 fully saturated rings. The molecule has 0 bridgehead atoms. The zero-order valence-corrected chi connectivity index (χ0v) is 27.4. The first-order valence-corrected chi connectivity index (χ1v) is 17.6. The van der Waals surface area contributed by atoms with E-state index in [2.05, 4.69) is 28.2 Å². The van der Waals surface area contributed by atoms with Crippen LogP contribution in [0.15, 0.2) is 59.6 Å². The second-order valence-electron chi connectivity index (χ2n) is 13.0. The van der Waals surface area contributed by atoms with Gasteiger partial charge in [-0.05, 0) is 86.7 Å². The van der Waals surface area contributed by atoms with Gasteiger partial charge >= 0.3 is 0 Å². The standard InChI is InChI=1S/C34H47N5O4S/c1-25(2)36-15-17-37(18-16-36)29-8-5-7-28(23-29)35(3)34(40)24-33-32-9-6-14-38(32)19-20-39(33)44(41,42)31-13-11-26-21-30(43-4)12-10-27(26)22-31/h6,9-14,21-22,25,28-29,33H,5,7-8,15-20,23-24H2,1-4H3/t28-,29+,33?/m0/s1. The van der Waals surface area contributed by atoms with E-state index in [-0.39, 0.29) is 23.3 Å². The summed E-state index contributed by atoms with van der Waals surface area (Å²) in [5.74, 6) is 0.733. The average Bonchev–Trinajstić information content (AvgIpc) is 3.53. The largest absolute Gasteiger partial charge is 0.497 e. The van der Waals surface area contributed by atoms with Crippen molar-refractivity contribution in [2.75, 3.05) is 46.9 Å². The number of methoxy groups -OCH3 is 1. The van der Waals surface area contributed by atoms with Crippen LogP contribution in [-0.4, -0.2) is 103 Å². The van der Waals surface area contributed by atoms with Crippen LogP contribution in [0.1, 0.15) is 57.7 Å². The maximum Gasteiger partial charge on any atom is 0.243 e. The van der Waals surface area contributed by atoms with Crippen LogP contribution < -0.4 is 4.74 Å². The van der Waals surface area contributed by atoms with Crippen molar-refractivity contribution in [1.29, 1.82) is 0 Å². The van der Waals surface area contributed by atoms with E-state index < -0.39 is 16.1 Å². The molecule has 1 amide bonds. The van der Waals surface area contributed by atoms with E-state index in [1.165, 1.54) is 6.42 Å². The van der Waals surface area contributed by atoms with E-state index in [9.17, 15) is 13.2 Å². The topological polar surface area (TPSA) is 78.3 Å². The van der Waals surface area contributed by atoms with Crippen LogP contribution in [0.3, 0.4) is 0 Å². The van der Waals surface area contributed by atoms with Gasteiger partial charge in [0.05, 0.1) is 18.0 Å². The number of benzene rings is 2. The highest BCUT2D eigenvalue weighted by atomic mass is 32.2. The summed E-state index contributed by atoms with van der Waals surface area (Å²) in [6.07, 6.45) is 6.37. The molecule has 0 N–H and O–H groups in total. The van der Waals surface area contributed by atoms with Crippen molar-refractivity contribution in [2.24, 2.45) is 0 Å². The molecule has 2 aromatic carbocycles. The molecule has 0 radical (unpaired) electrons. The molecule has 9 nitrogen and oxygen atoms in total. The molecule has 0 spiro atoms. The summed E-state index contributed by atoms with van der Waals surface area (Å²) in [4.78, 5) is 21.3. The molecule has 10 heteroatoms. The maximum absolute atomic E-state index is 14.2. The molecular weight excluding hydrogens is 574 g/mol. The van der Waals surface area contributed by atoms with E-state index in [1.54, 1.807) is 23.5 Å². The number of fused-ring (bicyclic) bond motifs is 2. The normalized spacial score (nSPS) is 24.0. The Morgan fingerprint density at radius 3 is 2.48 bits per heavy atom. The van der Waals surface area contributed by atoms with Crippen molar-refractivity contribution in [1.82, 2.24) is 23.6 Å². The van der Waals surface area contributed by atoms with Crippen LogP contribution in [0.4, 0.5) is 0 Å². The third-order valence-electron chi connectivity index (χ3n) is 10.3. The van der Waals surface area contributed by atoms with Gasteiger partial charge in [0.25, 0.3) is 0 Å². The zero-order valence-electron chi connectivity index (χ0n) is 26.6. The van der Waals surface area contributed by atoms with Crippen LogP contribution in [0.5, 0.6) is 5.75 Å². The van der Waals surface area contributed by atoms with Crippen LogP contribution in [0, 0.1) is 0 Å². The molecule has 3 heterocycles. The number of sulfonamides is 1. The van der Waals surface area contributed by atoms with E-state index in [0.29, 0.717) is 25.2 Å². The number of ether oxygens (including phenoxy) is 1. The molecular formula is C34H47N5O4S. The van der Waals surface area contributed by atoms with Gasteiger partial charge in [-0.1, -0.05) is 12.1 Å². The van der Waals surface area contributed by atoms with Crippen molar-refractivity contribution in [2.45, 2.75) is 81.6 Å². The highest BCUT2D eigenvalue weighted by molar-refractivity contribution is 7.89. The van der Waals surface area contributed by atoms with Gasteiger partial charge in [0, 0.05) is 82.8 Å². The fourth-order valence-corrected chi connectivity index (χ4v) is 9.14. The summed E-state index contributed by atoms with van der Waals surface area (Å²) in [5.41, 5.74) is 0.872. The second kappa shape index (κ2) is 12.8. The maximum atomic E-state index is 14.2. The lowest BCUT2D eigenvalue weighted by molar-refractivity contribution is -0.134. The number of hydrogen-bond donors (Lipinski definition) is 0. The summed E-state index contributed by atoms with van der Waals surface area (Å²) in [6, 6.07) is 15.4. The molecule has 3 atom stereocenters. The van der Waals surface area contributed by atoms with Gasteiger partial charge < -0.3 is 14.2 Å². The number of carbonyl (C=O) groups excluding carboxylic acids is 1. The summed E-state index contributed by atoms with van der Waals surface area (Å²) in [7, 11) is -0.323. The Labute approximate surface area is 262 Å². The Morgan fingerprint density at radius 2 is 1.73 bits per heavy atom.